The fourth-order valence-electron chi connectivity index (χ4n) is 3.52. The monoisotopic (exact) mass is 290 g/mol. The molecule has 21 heavy (non-hydrogen) atoms. The number of nitrogens with zero attached hydrogens (tertiary/aromatic N) is 1. The van der Waals surface area contributed by atoms with E-state index in [0.717, 1.165) is 18.8 Å². The Morgan fingerprint density at radius 2 is 2.00 bits per heavy atom. The molecule has 118 valence electrons. The van der Waals surface area contributed by atoms with Gasteiger partial charge in [0.2, 0.25) is 0 Å². The predicted molar refractivity (Wildman–Crippen MR) is 88.6 cm³/mol. The predicted octanol–water partition coefficient (Wildman–Crippen LogP) is 3.74. The molecule has 1 saturated heterocycles. The van der Waals surface area contributed by atoms with Gasteiger partial charge in [-0.25, -0.2) is 0 Å². The second-order valence-corrected chi connectivity index (χ2v) is 6.25. The molecule has 1 aliphatic rings. The summed E-state index contributed by atoms with van der Waals surface area (Å²) in [6.07, 6.45) is 4.90. The molecule has 2 rings (SSSR count). The van der Waals surface area contributed by atoms with Gasteiger partial charge < -0.3 is 10.5 Å². The van der Waals surface area contributed by atoms with Crippen molar-refractivity contribution in [3.63, 3.8) is 0 Å². The Hall–Kier alpha value is -1.06. The van der Waals surface area contributed by atoms with Gasteiger partial charge in [0.1, 0.15) is 5.75 Å². The van der Waals surface area contributed by atoms with Crippen molar-refractivity contribution in [2.45, 2.75) is 64.6 Å². The number of ether oxygens (including phenoxy) is 1. The van der Waals surface area contributed by atoms with Crippen LogP contribution in [0.25, 0.3) is 0 Å². The van der Waals surface area contributed by atoms with Crippen LogP contribution in [-0.4, -0.2) is 30.1 Å². The van der Waals surface area contributed by atoms with Crippen molar-refractivity contribution in [2.24, 2.45) is 5.73 Å². The zero-order valence-corrected chi connectivity index (χ0v) is 13.7. The highest BCUT2D eigenvalue weighted by Crippen LogP contribution is 2.33. The molecular weight excluding hydrogens is 260 g/mol. The highest BCUT2D eigenvalue weighted by molar-refractivity contribution is 5.31. The third-order valence-corrected chi connectivity index (χ3v) is 4.56. The first-order chi connectivity index (χ1) is 10.2. The standard InChI is InChI=1S/C18H30N2O/c1-4-11-21-17-10-6-9-16(12-17)18(13-19)20-14(2)7-5-8-15(20)3/h6,9-10,12,14-15,18H,4-5,7-8,11,13,19H2,1-3H3. The molecule has 0 aromatic heterocycles. The molecule has 3 nitrogen and oxygen atoms in total. The third kappa shape index (κ3) is 3.98. The summed E-state index contributed by atoms with van der Waals surface area (Å²) in [6.45, 7) is 8.22. The summed E-state index contributed by atoms with van der Waals surface area (Å²) in [5, 5.41) is 0. The molecule has 1 aromatic rings. The fourth-order valence-corrected chi connectivity index (χ4v) is 3.52. The molecule has 0 radical (unpaired) electrons. The van der Waals surface area contributed by atoms with Gasteiger partial charge in [0.25, 0.3) is 0 Å². The number of nitrogens with two attached hydrogens (primary N) is 1. The Kier molecular flexibility index (Phi) is 6.07. The minimum atomic E-state index is 0.292. The fraction of sp³-hybridized carbons (Fsp3) is 0.667. The van der Waals surface area contributed by atoms with Gasteiger partial charge in [-0.3, -0.25) is 4.90 Å². The quantitative estimate of drug-likeness (QED) is 0.867. The number of hydrogen-bond donors (Lipinski definition) is 1. The second kappa shape index (κ2) is 7.81. The normalized spacial score (nSPS) is 24.8. The first-order valence-corrected chi connectivity index (χ1v) is 8.37. The first kappa shape index (κ1) is 16.3. The molecule has 1 heterocycles. The van der Waals surface area contributed by atoms with Crippen molar-refractivity contribution >= 4 is 0 Å². The van der Waals surface area contributed by atoms with Gasteiger partial charge in [0.05, 0.1) is 6.61 Å². The van der Waals surface area contributed by atoms with E-state index in [1.807, 2.05) is 6.07 Å². The van der Waals surface area contributed by atoms with Crippen LogP contribution in [0.15, 0.2) is 24.3 Å². The molecule has 1 fully saturated rings. The average molecular weight is 290 g/mol. The van der Waals surface area contributed by atoms with E-state index in [1.165, 1.54) is 24.8 Å². The maximum absolute atomic E-state index is 6.13. The van der Waals surface area contributed by atoms with Crippen LogP contribution in [0.2, 0.25) is 0 Å². The van der Waals surface area contributed by atoms with Crippen LogP contribution in [0.5, 0.6) is 5.75 Å². The minimum Gasteiger partial charge on any atom is -0.494 e. The molecule has 0 aliphatic carbocycles. The van der Waals surface area contributed by atoms with Gasteiger partial charge >= 0.3 is 0 Å². The molecule has 0 spiro atoms. The molecule has 1 aliphatic heterocycles. The van der Waals surface area contributed by atoms with E-state index in [4.69, 9.17) is 10.5 Å². The van der Waals surface area contributed by atoms with Crippen LogP contribution in [-0.2, 0) is 0 Å². The van der Waals surface area contributed by atoms with E-state index in [1.54, 1.807) is 0 Å². The summed E-state index contributed by atoms with van der Waals surface area (Å²) in [7, 11) is 0. The van der Waals surface area contributed by atoms with E-state index < -0.39 is 0 Å². The van der Waals surface area contributed by atoms with Crippen molar-refractivity contribution < 1.29 is 4.74 Å². The number of likely N-dealkylation sites (tertiary alicyclic amines) is 1. The van der Waals surface area contributed by atoms with Gasteiger partial charge in [0.15, 0.2) is 0 Å². The molecular formula is C18H30N2O. The summed E-state index contributed by atoms with van der Waals surface area (Å²) in [5.74, 6) is 0.963. The lowest BCUT2D eigenvalue weighted by molar-refractivity contribution is 0.0576. The summed E-state index contributed by atoms with van der Waals surface area (Å²) >= 11 is 0. The third-order valence-electron chi connectivity index (χ3n) is 4.56. The maximum atomic E-state index is 6.13. The van der Waals surface area contributed by atoms with Crippen molar-refractivity contribution in [2.75, 3.05) is 13.2 Å². The zero-order chi connectivity index (χ0) is 15.2. The molecule has 3 unspecified atom stereocenters. The van der Waals surface area contributed by atoms with E-state index in [-0.39, 0.29) is 0 Å². The summed E-state index contributed by atoms with van der Waals surface area (Å²) in [5.41, 5.74) is 7.41. The van der Waals surface area contributed by atoms with Gasteiger partial charge in [-0.15, -0.1) is 0 Å². The Morgan fingerprint density at radius 3 is 2.62 bits per heavy atom. The highest BCUT2D eigenvalue weighted by Gasteiger charge is 2.31. The summed E-state index contributed by atoms with van der Waals surface area (Å²) < 4.78 is 5.77. The van der Waals surface area contributed by atoms with Crippen LogP contribution in [0, 0.1) is 0 Å². The lowest BCUT2D eigenvalue weighted by Crippen LogP contribution is -2.48. The molecule has 3 atom stereocenters. The number of rotatable bonds is 6. The SMILES string of the molecule is CCCOc1cccc(C(CN)N2C(C)CCCC2C)c1. The van der Waals surface area contributed by atoms with E-state index >= 15 is 0 Å². The van der Waals surface area contributed by atoms with Crippen LogP contribution in [0.1, 0.15) is 58.1 Å². The number of hydrogen-bond acceptors (Lipinski definition) is 3. The largest absolute Gasteiger partial charge is 0.494 e. The van der Waals surface area contributed by atoms with Crippen LogP contribution >= 0.6 is 0 Å². The molecule has 2 N–H and O–H groups in total. The van der Waals surface area contributed by atoms with Crippen molar-refractivity contribution in [3.8, 4) is 5.75 Å². The lowest BCUT2D eigenvalue weighted by atomic mass is 9.92. The minimum absolute atomic E-state index is 0.292. The molecule has 0 saturated carbocycles. The van der Waals surface area contributed by atoms with Crippen LogP contribution in [0.3, 0.4) is 0 Å². The van der Waals surface area contributed by atoms with Crippen molar-refractivity contribution in [1.29, 1.82) is 0 Å². The average Bonchev–Trinajstić information content (AvgIpc) is 2.49. The molecule has 3 heteroatoms. The molecule has 0 bridgehead atoms. The van der Waals surface area contributed by atoms with E-state index in [2.05, 4.69) is 43.9 Å². The Bertz CT molecular complexity index is 425. The van der Waals surface area contributed by atoms with E-state index in [9.17, 15) is 0 Å². The van der Waals surface area contributed by atoms with Gasteiger partial charge in [-0.2, -0.15) is 0 Å². The van der Waals surface area contributed by atoms with Gasteiger partial charge in [-0.1, -0.05) is 25.5 Å². The van der Waals surface area contributed by atoms with Gasteiger partial charge in [-0.05, 0) is 50.8 Å². The Balaban J connectivity index is 2.19. The topological polar surface area (TPSA) is 38.5 Å². The summed E-state index contributed by atoms with van der Waals surface area (Å²) in [4.78, 5) is 2.60. The van der Waals surface area contributed by atoms with E-state index in [0.29, 0.717) is 24.7 Å². The highest BCUT2D eigenvalue weighted by atomic mass is 16.5. The molecule has 1 aromatic carbocycles. The maximum Gasteiger partial charge on any atom is 0.119 e. The first-order valence-electron chi connectivity index (χ1n) is 8.37. The van der Waals surface area contributed by atoms with Crippen LogP contribution in [0.4, 0.5) is 0 Å². The molecule has 0 amide bonds. The number of benzene rings is 1. The van der Waals surface area contributed by atoms with Crippen LogP contribution < -0.4 is 10.5 Å². The van der Waals surface area contributed by atoms with Gasteiger partial charge in [0, 0.05) is 24.7 Å². The lowest BCUT2D eigenvalue weighted by Gasteiger charge is -2.44. The number of piperidine rings is 1. The Labute approximate surface area is 129 Å². The Morgan fingerprint density at radius 1 is 1.29 bits per heavy atom. The summed E-state index contributed by atoms with van der Waals surface area (Å²) in [6, 6.07) is 9.97. The van der Waals surface area contributed by atoms with Crippen molar-refractivity contribution in [3.05, 3.63) is 29.8 Å². The smallest absolute Gasteiger partial charge is 0.119 e. The second-order valence-electron chi connectivity index (χ2n) is 6.25. The zero-order valence-electron chi connectivity index (χ0n) is 13.7. The van der Waals surface area contributed by atoms with Crippen molar-refractivity contribution in [1.82, 2.24) is 4.90 Å².